The van der Waals surface area contributed by atoms with Gasteiger partial charge in [0.1, 0.15) is 5.75 Å². The van der Waals surface area contributed by atoms with Gasteiger partial charge in [-0.2, -0.15) is 0 Å². The van der Waals surface area contributed by atoms with E-state index in [-0.39, 0.29) is 36.6 Å². The molecule has 4 N–H and O–H groups in total. The lowest BCUT2D eigenvalue weighted by Crippen LogP contribution is -2.39. The minimum atomic E-state index is -0.483. The van der Waals surface area contributed by atoms with Crippen molar-refractivity contribution in [3.05, 3.63) is 59.7 Å². The van der Waals surface area contributed by atoms with E-state index in [0.29, 0.717) is 12.3 Å². The monoisotopic (exact) mass is 565 g/mol. The molecule has 1 fully saturated rings. The van der Waals surface area contributed by atoms with Crippen molar-refractivity contribution in [1.29, 1.82) is 0 Å². The Bertz CT molecular complexity index is 898. The summed E-state index contributed by atoms with van der Waals surface area (Å²) in [5.74, 6) is 0.966. The average Bonchev–Trinajstić information content (AvgIpc) is 3.34. The predicted molar refractivity (Wildman–Crippen MR) is 146 cm³/mol. The number of primary amides is 1. The van der Waals surface area contributed by atoms with E-state index in [1.165, 1.54) is 24.1 Å². The first-order valence-corrected chi connectivity index (χ1v) is 11.4. The summed E-state index contributed by atoms with van der Waals surface area (Å²) < 4.78 is 5.30. The number of anilines is 1. The van der Waals surface area contributed by atoms with Crippen LogP contribution in [0.2, 0.25) is 0 Å². The summed E-state index contributed by atoms with van der Waals surface area (Å²) in [6, 6.07) is 16.6. The third-order valence-corrected chi connectivity index (χ3v) is 5.51. The van der Waals surface area contributed by atoms with Crippen molar-refractivity contribution in [2.75, 3.05) is 37.7 Å². The highest BCUT2D eigenvalue weighted by Gasteiger charge is 2.14. The van der Waals surface area contributed by atoms with Crippen molar-refractivity contribution >= 4 is 41.5 Å². The van der Waals surface area contributed by atoms with E-state index in [2.05, 4.69) is 53.6 Å². The van der Waals surface area contributed by atoms with Gasteiger partial charge in [0.25, 0.3) is 5.91 Å². The van der Waals surface area contributed by atoms with Crippen molar-refractivity contribution in [2.45, 2.75) is 39.2 Å². The number of carbonyl (C=O) groups is 1. The third kappa shape index (κ3) is 8.75. The first-order valence-electron chi connectivity index (χ1n) is 11.4. The molecule has 1 saturated heterocycles. The predicted octanol–water partition coefficient (Wildman–Crippen LogP) is 3.63. The van der Waals surface area contributed by atoms with Crippen LogP contribution in [-0.2, 0) is 11.2 Å². The molecule has 1 aliphatic rings. The number of rotatable bonds is 10. The molecule has 2 aromatic rings. The molecule has 7 nitrogen and oxygen atoms in total. The minimum Gasteiger partial charge on any atom is -0.484 e. The summed E-state index contributed by atoms with van der Waals surface area (Å²) in [6.45, 7) is 7.89. The van der Waals surface area contributed by atoms with Crippen LogP contribution >= 0.6 is 24.0 Å². The maximum atomic E-state index is 10.8. The molecule has 0 spiro atoms. The summed E-state index contributed by atoms with van der Waals surface area (Å²) in [4.78, 5) is 18.0. The first kappa shape index (κ1) is 26.8. The molecule has 1 aliphatic heterocycles. The van der Waals surface area contributed by atoms with E-state index in [0.717, 1.165) is 37.6 Å². The van der Waals surface area contributed by atoms with E-state index in [1.54, 1.807) is 0 Å². The van der Waals surface area contributed by atoms with Crippen molar-refractivity contribution in [2.24, 2.45) is 10.7 Å². The Kier molecular flexibility index (Phi) is 11.3. The molecule has 0 radical (unpaired) electrons. The Labute approximate surface area is 214 Å². The van der Waals surface area contributed by atoms with Gasteiger partial charge in [0.15, 0.2) is 12.6 Å². The lowest BCUT2D eigenvalue weighted by Gasteiger charge is -2.22. The van der Waals surface area contributed by atoms with Gasteiger partial charge < -0.3 is 26.0 Å². The molecule has 8 heteroatoms. The molecule has 0 bridgehead atoms. The number of guanidine groups is 1. The summed E-state index contributed by atoms with van der Waals surface area (Å²) in [5.41, 5.74) is 8.82. The maximum absolute atomic E-state index is 10.8. The molecule has 1 heterocycles. The van der Waals surface area contributed by atoms with Crippen LogP contribution in [0.15, 0.2) is 53.5 Å². The largest absolute Gasteiger partial charge is 0.484 e. The number of nitrogens with one attached hydrogen (secondary N) is 2. The van der Waals surface area contributed by atoms with Gasteiger partial charge in [-0.3, -0.25) is 9.79 Å². The molecule has 0 aliphatic carbocycles. The maximum Gasteiger partial charge on any atom is 0.255 e. The molecule has 1 atom stereocenters. The molecular weight excluding hydrogens is 529 g/mol. The summed E-state index contributed by atoms with van der Waals surface area (Å²) in [6.07, 6.45) is 3.36. The van der Waals surface area contributed by atoms with Gasteiger partial charge in [0.2, 0.25) is 0 Å². The van der Waals surface area contributed by atoms with Crippen molar-refractivity contribution in [1.82, 2.24) is 10.6 Å². The molecule has 1 unspecified atom stereocenters. The Balaban J connectivity index is 0.00000385. The lowest BCUT2D eigenvalue weighted by atomic mass is 10.1. The van der Waals surface area contributed by atoms with Crippen LogP contribution in [0.4, 0.5) is 5.69 Å². The smallest absolute Gasteiger partial charge is 0.255 e. The normalized spacial score (nSPS) is 14.4. The molecule has 0 saturated carbocycles. The third-order valence-electron chi connectivity index (χ3n) is 5.51. The van der Waals surface area contributed by atoms with Gasteiger partial charge in [0.05, 0.1) is 6.04 Å². The number of carbonyl (C=O) groups excluding carboxylic acids is 1. The van der Waals surface area contributed by atoms with E-state index in [9.17, 15) is 4.79 Å². The zero-order chi connectivity index (χ0) is 22.8. The highest BCUT2D eigenvalue weighted by molar-refractivity contribution is 14.0. The minimum absolute atomic E-state index is 0. The van der Waals surface area contributed by atoms with Crippen molar-refractivity contribution in [3.8, 4) is 5.75 Å². The summed E-state index contributed by atoms with van der Waals surface area (Å²) in [7, 11) is 0. The van der Waals surface area contributed by atoms with Gasteiger partial charge >= 0.3 is 0 Å². The number of amides is 1. The van der Waals surface area contributed by atoms with Crippen molar-refractivity contribution < 1.29 is 9.53 Å². The molecule has 1 amide bonds. The Morgan fingerprint density at radius 3 is 2.58 bits per heavy atom. The van der Waals surface area contributed by atoms with Crippen LogP contribution in [0.25, 0.3) is 0 Å². The second-order valence-corrected chi connectivity index (χ2v) is 8.06. The first-order chi connectivity index (χ1) is 15.5. The standard InChI is InChI=1S/C25H35N5O2.HI/c1-3-27-25(28-14-13-20-9-11-23(12-10-20)32-18-24(26)31)29-19(2)21-7-6-8-22(17-21)30-15-4-5-16-30;/h6-12,17,19H,3-5,13-16,18H2,1-2H3,(H2,26,31)(H2,27,28,29);1H. The number of ether oxygens (including phenoxy) is 1. The lowest BCUT2D eigenvalue weighted by molar-refractivity contribution is -0.119. The number of halogens is 1. The highest BCUT2D eigenvalue weighted by atomic mass is 127. The molecule has 33 heavy (non-hydrogen) atoms. The Morgan fingerprint density at radius 2 is 1.91 bits per heavy atom. The van der Waals surface area contributed by atoms with Gasteiger partial charge in [-0.05, 0) is 68.5 Å². The second kappa shape index (κ2) is 13.9. The number of hydrogen-bond donors (Lipinski definition) is 3. The highest BCUT2D eigenvalue weighted by Crippen LogP contribution is 2.24. The number of nitrogens with two attached hydrogens (primary N) is 1. The van der Waals surface area contributed by atoms with Gasteiger partial charge in [-0.15, -0.1) is 24.0 Å². The van der Waals surface area contributed by atoms with Gasteiger partial charge in [-0.25, -0.2) is 0 Å². The van der Waals surface area contributed by atoms with Crippen molar-refractivity contribution in [3.63, 3.8) is 0 Å². The molecule has 0 aromatic heterocycles. The second-order valence-electron chi connectivity index (χ2n) is 8.06. The van der Waals surface area contributed by atoms with Gasteiger partial charge in [-0.1, -0.05) is 24.3 Å². The van der Waals surface area contributed by atoms with E-state index in [4.69, 9.17) is 15.5 Å². The topological polar surface area (TPSA) is 92.0 Å². The van der Waals surface area contributed by atoms with Crippen LogP contribution in [0.1, 0.15) is 43.9 Å². The number of hydrogen-bond acceptors (Lipinski definition) is 4. The number of aliphatic imine (C=N–C) groups is 1. The van der Waals surface area contributed by atoms with E-state index in [1.807, 2.05) is 24.3 Å². The molecule has 180 valence electrons. The molecule has 2 aromatic carbocycles. The van der Waals surface area contributed by atoms with Crippen LogP contribution in [0, 0.1) is 0 Å². The van der Waals surface area contributed by atoms with E-state index >= 15 is 0 Å². The number of nitrogens with zero attached hydrogens (tertiary/aromatic N) is 2. The van der Waals surface area contributed by atoms with Crippen LogP contribution in [0.5, 0.6) is 5.75 Å². The van der Waals surface area contributed by atoms with Crippen LogP contribution < -0.4 is 26.0 Å². The quantitative estimate of drug-likeness (QED) is 0.233. The summed E-state index contributed by atoms with van der Waals surface area (Å²) in [5, 5.41) is 6.87. The Hall–Kier alpha value is -2.49. The average molecular weight is 566 g/mol. The fourth-order valence-corrected chi connectivity index (χ4v) is 3.78. The SMILES string of the molecule is CCNC(=NCCc1ccc(OCC(N)=O)cc1)NC(C)c1cccc(N2CCCC2)c1.I. The molecular formula is C25H36IN5O2. The fraction of sp³-hybridized carbons (Fsp3) is 0.440. The fourth-order valence-electron chi connectivity index (χ4n) is 3.78. The summed E-state index contributed by atoms with van der Waals surface area (Å²) >= 11 is 0. The van der Waals surface area contributed by atoms with Crippen LogP contribution in [0.3, 0.4) is 0 Å². The Morgan fingerprint density at radius 1 is 1.18 bits per heavy atom. The number of benzene rings is 2. The van der Waals surface area contributed by atoms with Gasteiger partial charge in [0, 0.05) is 31.9 Å². The zero-order valence-electron chi connectivity index (χ0n) is 19.5. The molecule has 3 rings (SSSR count). The van der Waals surface area contributed by atoms with E-state index < -0.39 is 5.91 Å². The van der Waals surface area contributed by atoms with Crippen LogP contribution in [-0.4, -0.2) is 44.7 Å². The zero-order valence-corrected chi connectivity index (χ0v) is 21.9.